The fourth-order valence-corrected chi connectivity index (χ4v) is 3.36. The van der Waals surface area contributed by atoms with Gasteiger partial charge in [-0.05, 0) is 19.8 Å². The van der Waals surface area contributed by atoms with Gasteiger partial charge in [0, 0.05) is 11.7 Å². The van der Waals surface area contributed by atoms with Gasteiger partial charge < -0.3 is 4.74 Å². The first-order chi connectivity index (χ1) is 7.31. The van der Waals surface area contributed by atoms with Gasteiger partial charge in [0.15, 0.2) is 6.04 Å². The molecular formula is C11H17NO2S. The maximum atomic E-state index is 11.5. The third-order valence-corrected chi connectivity index (χ3v) is 4.15. The van der Waals surface area contributed by atoms with Gasteiger partial charge in [-0.2, -0.15) is 0 Å². The van der Waals surface area contributed by atoms with E-state index < -0.39 is 0 Å². The van der Waals surface area contributed by atoms with Crippen LogP contribution in [0.1, 0.15) is 32.6 Å². The van der Waals surface area contributed by atoms with Gasteiger partial charge in [-0.15, -0.1) is 11.8 Å². The molecule has 1 fully saturated rings. The number of rotatable bonds is 3. The number of carbonyl (C=O) groups excluding carboxylic acids is 1. The lowest BCUT2D eigenvalue weighted by Gasteiger charge is -2.06. The van der Waals surface area contributed by atoms with Gasteiger partial charge in [0.2, 0.25) is 0 Å². The summed E-state index contributed by atoms with van der Waals surface area (Å²) < 4.78 is 4.98. The molecule has 4 heteroatoms. The smallest absolute Gasteiger partial charge is 0.331 e. The molecular weight excluding hydrogens is 210 g/mol. The fourth-order valence-electron chi connectivity index (χ4n) is 2.15. The summed E-state index contributed by atoms with van der Waals surface area (Å²) in [5, 5.41) is 1.20. The van der Waals surface area contributed by atoms with Crippen molar-refractivity contribution in [2.45, 2.75) is 38.6 Å². The standard InChI is InChI=1S/C11H17NO2S/c1-2-14-11(13)9-7-15-10(12-9)8-5-3-4-6-8/h8-9H,2-7H2,1H3. The molecule has 15 heavy (non-hydrogen) atoms. The SMILES string of the molecule is CCOC(=O)C1CSC(C2CCCC2)=N1. The molecule has 0 spiro atoms. The third kappa shape index (κ3) is 2.54. The Bertz CT molecular complexity index is 272. The lowest BCUT2D eigenvalue weighted by molar-refractivity contribution is -0.143. The Morgan fingerprint density at radius 3 is 2.93 bits per heavy atom. The molecule has 1 unspecified atom stereocenters. The van der Waals surface area contributed by atoms with Gasteiger partial charge in [0.25, 0.3) is 0 Å². The van der Waals surface area contributed by atoms with Crippen LogP contribution in [0, 0.1) is 5.92 Å². The maximum Gasteiger partial charge on any atom is 0.331 e. The summed E-state index contributed by atoms with van der Waals surface area (Å²) in [7, 11) is 0. The van der Waals surface area contributed by atoms with Crippen LogP contribution in [0.4, 0.5) is 0 Å². The Balaban J connectivity index is 1.92. The Morgan fingerprint density at radius 2 is 2.27 bits per heavy atom. The molecule has 0 aromatic carbocycles. The average Bonchev–Trinajstić information content (AvgIpc) is 2.89. The zero-order valence-electron chi connectivity index (χ0n) is 9.07. The molecule has 1 saturated carbocycles. The van der Waals surface area contributed by atoms with E-state index in [4.69, 9.17) is 4.74 Å². The summed E-state index contributed by atoms with van der Waals surface area (Å²) in [5.41, 5.74) is 0. The van der Waals surface area contributed by atoms with E-state index in [1.54, 1.807) is 11.8 Å². The van der Waals surface area contributed by atoms with E-state index in [0.29, 0.717) is 12.5 Å². The molecule has 0 amide bonds. The van der Waals surface area contributed by atoms with Gasteiger partial charge in [-0.25, -0.2) is 4.79 Å². The number of hydrogen-bond acceptors (Lipinski definition) is 4. The quantitative estimate of drug-likeness (QED) is 0.694. The molecule has 0 N–H and O–H groups in total. The van der Waals surface area contributed by atoms with E-state index in [-0.39, 0.29) is 12.0 Å². The van der Waals surface area contributed by atoms with Gasteiger partial charge in [0.1, 0.15) is 0 Å². The Labute approximate surface area is 94.7 Å². The van der Waals surface area contributed by atoms with E-state index in [2.05, 4.69) is 4.99 Å². The Kier molecular flexibility index (Phi) is 3.67. The molecule has 1 heterocycles. The summed E-state index contributed by atoms with van der Waals surface area (Å²) in [6, 6.07) is -0.231. The van der Waals surface area contributed by atoms with Gasteiger partial charge in [-0.3, -0.25) is 4.99 Å². The molecule has 1 aliphatic carbocycles. The summed E-state index contributed by atoms with van der Waals surface area (Å²) in [6.45, 7) is 2.29. The monoisotopic (exact) mass is 227 g/mol. The van der Waals surface area contributed by atoms with Gasteiger partial charge in [-0.1, -0.05) is 12.8 Å². The van der Waals surface area contributed by atoms with Crippen LogP contribution < -0.4 is 0 Å². The molecule has 84 valence electrons. The van der Waals surface area contributed by atoms with Crippen LogP contribution in [0.25, 0.3) is 0 Å². The van der Waals surface area contributed by atoms with Crippen molar-refractivity contribution in [2.24, 2.45) is 10.9 Å². The first kappa shape index (κ1) is 11.0. The van der Waals surface area contributed by atoms with Crippen LogP contribution in [-0.4, -0.2) is 29.4 Å². The molecule has 0 saturated heterocycles. The fraction of sp³-hybridized carbons (Fsp3) is 0.818. The number of nitrogens with zero attached hydrogens (tertiary/aromatic N) is 1. The highest BCUT2D eigenvalue weighted by Crippen LogP contribution is 2.34. The predicted octanol–water partition coefficient (Wildman–Crippen LogP) is 2.25. The molecule has 0 radical (unpaired) electrons. The van der Waals surface area contributed by atoms with Crippen molar-refractivity contribution in [3.63, 3.8) is 0 Å². The number of carbonyl (C=O) groups is 1. The summed E-state index contributed by atoms with van der Waals surface area (Å²) in [6.07, 6.45) is 5.13. The van der Waals surface area contributed by atoms with Gasteiger partial charge >= 0.3 is 5.97 Å². The highest BCUT2D eigenvalue weighted by atomic mass is 32.2. The summed E-state index contributed by atoms with van der Waals surface area (Å²) in [4.78, 5) is 16.0. The van der Waals surface area contributed by atoms with E-state index in [9.17, 15) is 4.79 Å². The number of aliphatic imine (C=N–C) groups is 1. The molecule has 2 aliphatic rings. The van der Waals surface area contributed by atoms with Crippen LogP contribution in [-0.2, 0) is 9.53 Å². The summed E-state index contributed by atoms with van der Waals surface area (Å²) >= 11 is 1.75. The molecule has 0 bridgehead atoms. The highest BCUT2D eigenvalue weighted by molar-refractivity contribution is 8.14. The second kappa shape index (κ2) is 5.01. The van der Waals surface area contributed by atoms with Crippen molar-refractivity contribution in [1.82, 2.24) is 0 Å². The van der Waals surface area contributed by atoms with Crippen LogP contribution in [0.2, 0.25) is 0 Å². The largest absolute Gasteiger partial charge is 0.464 e. The molecule has 2 rings (SSSR count). The second-order valence-corrected chi connectivity index (χ2v) is 5.07. The van der Waals surface area contributed by atoms with Crippen molar-refractivity contribution in [2.75, 3.05) is 12.4 Å². The highest BCUT2D eigenvalue weighted by Gasteiger charge is 2.31. The first-order valence-electron chi connectivity index (χ1n) is 5.68. The zero-order chi connectivity index (χ0) is 10.7. The molecule has 0 aromatic heterocycles. The topological polar surface area (TPSA) is 38.7 Å². The molecule has 0 aromatic rings. The molecule has 1 aliphatic heterocycles. The Hall–Kier alpha value is -0.510. The van der Waals surface area contributed by atoms with Crippen molar-refractivity contribution in [3.05, 3.63) is 0 Å². The second-order valence-electron chi connectivity index (χ2n) is 4.03. The van der Waals surface area contributed by atoms with E-state index in [0.717, 1.165) is 5.75 Å². The van der Waals surface area contributed by atoms with Gasteiger partial charge in [0.05, 0.1) is 11.7 Å². The molecule has 3 nitrogen and oxygen atoms in total. The van der Waals surface area contributed by atoms with E-state index in [1.165, 1.54) is 30.7 Å². The van der Waals surface area contributed by atoms with Crippen LogP contribution >= 0.6 is 11.8 Å². The Morgan fingerprint density at radius 1 is 1.53 bits per heavy atom. The zero-order valence-corrected chi connectivity index (χ0v) is 9.89. The predicted molar refractivity (Wildman–Crippen MR) is 62.3 cm³/mol. The number of ether oxygens (including phenoxy) is 1. The summed E-state index contributed by atoms with van der Waals surface area (Å²) in [5.74, 6) is 1.26. The molecule has 1 atom stereocenters. The minimum atomic E-state index is -0.231. The van der Waals surface area contributed by atoms with Crippen molar-refractivity contribution < 1.29 is 9.53 Å². The lowest BCUT2D eigenvalue weighted by Crippen LogP contribution is -2.21. The minimum Gasteiger partial charge on any atom is -0.464 e. The van der Waals surface area contributed by atoms with Crippen LogP contribution in [0.5, 0.6) is 0 Å². The van der Waals surface area contributed by atoms with Crippen LogP contribution in [0.15, 0.2) is 4.99 Å². The number of thioether (sulfide) groups is 1. The van der Waals surface area contributed by atoms with Crippen molar-refractivity contribution in [1.29, 1.82) is 0 Å². The normalized spacial score (nSPS) is 26.7. The third-order valence-electron chi connectivity index (χ3n) is 2.94. The number of hydrogen-bond donors (Lipinski definition) is 0. The minimum absolute atomic E-state index is 0.155. The first-order valence-corrected chi connectivity index (χ1v) is 6.67. The van der Waals surface area contributed by atoms with Crippen LogP contribution in [0.3, 0.4) is 0 Å². The maximum absolute atomic E-state index is 11.5. The average molecular weight is 227 g/mol. The van der Waals surface area contributed by atoms with E-state index >= 15 is 0 Å². The van der Waals surface area contributed by atoms with Crippen molar-refractivity contribution in [3.8, 4) is 0 Å². The number of esters is 1. The van der Waals surface area contributed by atoms with Crippen molar-refractivity contribution >= 4 is 22.8 Å². The van der Waals surface area contributed by atoms with E-state index in [1.807, 2.05) is 6.92 Å². The lowest BCUT2D eigenvalue weighted by atomic mass is 10.1.